The zero-order valence-corrected chi connectivity index (χ0v) is 19.1. The molecule has 6 nitrogen and oxygen atoms in total. The first-order valence-electron chi connectivity index (χ1n) is 11.3. The second kappa shape index (κ2) is 9.44. The molecule has 0 saturated carbocycles. The summed E-state index contributed by atoms with van der Waals surface area (Å²) in [6.45, 7) is 1.90. The van der Waals surface area contributed by atoms with Crippen LogP contribution in [0.25, 0.3) is 22.4 Å². The number of aromatic nitrogens is 3. The zero-order chi connectivity index (χ0) is 25.3. The number of pyridine rings is 1. The van der Waals surface area contributed by atoms with Crippen molar-refractivity contribution >= 4 is 17.3 Å². The van der Waals surface area contributed by atoms with E-state index in [0.717, 1.165) is 5.82 Å². The quantitative estimate of drug-likeness (QED) is 0.390. The van der Waals surface area contributed by atoms with E-state index in [1.807, 2.05) is 21.9 Å². The monoisotopic (exact) mass is 494 g/mol. The van der Waals surface area contributed by atoms with Crippen LogP contribution in [0.4, 0.5) is 34.9 Å². The molecule has 4 aromatic rings. The Bertz CT molecular complexity index is 1330. The summed E-state index contributed by atoms with van der Waals surface area (Å²) in [5.74, 6) is -0.789. The topological polar surface area (TPSA) is 71.2 Å². The average Bonchev–Trinajstić information content (AvgIpc) is 2.89. The van der Waals surface area contributed by atoms with Crippen molar-refractivity contribution in [1.29, 1.82) is 0 Å². The number of halogens is 4. The summed E-state index contributed by atoms with van der Waals surface area (Å²) in [6.07, 6.45) is -3.18. The van der Waals surface area contributed by atoms with E-state index in [0.29, 0.717) is 48.6 Å². The van der Waals surface area contributed by atoms with E-state index in [1.54, 1.807) is 36.5 Å². The third kappa shape index (κ3) is 4.79. The number of nitrogens with two attached hydrogens (primary N) is 1. The highest BCUT2D eigenvalue weighted by molar-refractivity contribution is 5.88. The first-order valence-corrected chi connectivity index (χ1v) is 11.3. The first kappa shape index (κ1) is 23.5. The van der Waals surface area contributed by atoms with Crippen molar-refractivity contribution in [1.82, 2.24) is 15.0 Å². The van der Waals surface area contributed by atoms with Crippen molar-refractivity contribution in [2.45, 2.75) is 6.18 Å². The van der Waals surface area contributed by atoms with Gasteiger partial charge >= 0.3 is 6.18 Å². The highest BCUT2D eigenvalue weighted by atomic mass is 19.4. The molecule has 0 unspecified atom stereocenters. The number of hydrogen-bond acceptors (Lipinski definition) is 6. The summed E-state index contributed by atoms with van der Waals surface area (Å²) < 4.78 is 55.4. The van der Waals surface area contributed by atoms with Gasteiger partial charge in [-0.2, -0.15) is 13.2 Å². The van der Waals surface area contributed by atoms with Gasteiger partial charge in [0.2, 0.25) is 5.82 Å². The van der Waals surface area contributed by atoms with Crippen LogP contribution in [0, 0.1) is 5.82 Å². The second-order valence-electron chi connectivity index (χ2n) is 8.39. The second-order valence-corrected chi connectivity index (χ2v) is 8.39. The molecule has 1 aliphatic heterocycles. The summed E-state index contributed by atoms with van der Waals surface area (Å²) >= 11 is 0. The SMILES string of the molecule is Nc1ccc(N2CCN(c3nc(C(F)(F)F)nc(-c4ccc(F)cc4)c3-c3ccccc3)CC2)nc1. The van der Waals surface area contributed by atoms with Gasteiger partial charge in [-0.1, -0.05) is 30.3 Å². The van der Waals surface area contributed by atoms with Gasteiger partial charge in [0.1, 0.15) is 17.5 Å². The number of nitrogen functional groups attached to an aromatic ring is 1. The zero-order valence-electron chi connectivity index (χ0n) is 19.1. The molecule has 10 heteroatoms. The Morgan fingerprint density at radius 1 is 0.750 bits per heavy atom. The lowest BCUT2D eigenvalue weighted by Crippen LogP contribution is -2.47. The molecule has 0 spiro atoms. The van der Waals surface area contributed by atoms with Crippen LogP contribution >= 0.6 is 0 Å². The number of nitrogens with zero attached hydrogens (tertiary/aromatic N) is 5. The molecule has 2 N–H and O–H groups in total. The molecule has 0 amide bonds. The van der Waals surface area contributed by atoms with Gasteiger partial charge in [-0.05, 0) is 42.0 Å². The molecule has 184 valence electrons. The summed E-state index contributed by atoms with van der Waals surface area (Å²) in [6, 6.07) is 17.9. The molecule has 1 aliphatic rings. The minimum atomic E-state index is -4.76. The Labute approximate surface area is 205 Å². The molecule has 0 bridgehead atoms. The van der Waals surface area contributed by atoms with Gasteiger partial charge in [0.15, 0.2) is 0 Å². The fourth-order valence-electron chi connectivity index (χ4n) is 4.22. The molecule has 2 aromatic carbocycles. The van der Waals surface area contributed by atoms with Crippen LogP contribution in [0.2, 0.25) is 0 Å². The van der Waals surface area contributed by atoms with Crippen LogP contribution in [-0.4, -0.2) is 41.1 Å². The van der Waals surface area contributed by atoms with Crippen molar-refractivity contribution in [3.05, 3.63) is 84.6 Å². The van der Waals surface area contributed by atoms with E-state index in [9.17, 15) is 17.6 Å². The Morgan fingerprint density at radius 3 is 2.03 bits per heavy atom. The number of rotatable bonds is 4. The van der Waals surface area contributed by atoms with E-state index in [-0.39, 0.29) is 11.5 Å². The van der Waals surface area contributed by atoms with E-state index in [4.69, 9.17) is 5.73 Å². The van der Waals surface area contributed by atoms with Crippen LogP contribution < -0.4 is 15.5 Å². The third-order valence-corrected chi connectivity index (χ3v) is 6.00. The normalized spacial score (nSPS) is 14.2. The van der Waals surface area contributed by atoms with Crippen LogP contribution in [-0.2, 0) is 6.18 Å². The molecule has 3 heterocycles. The van der Waals surface area contributed by atoms with Crippen LogP contribution in [0.15, 0.2) is 72.9 Å². The van der Waals surface area contributed by atoms with Gasteiger partial charge in [-0.15, -0.1) is 0 Å². The van der Waals surface area contributed by atoms with E-state index < -0.39 is 17.8 Å². The van der Waals surface area contributed by atoms with Crippen LogP contribution in [0.1, 0.15) is 5.82 Å². The highest BCUT2D eigenvalue weighted by Crippen LogP contribution is 2.40. The van der Waals surface area contributed by atoms with Gasteiger partial charge in [-0.3, -0.25) is 0 Å². The largest absolute Gasteiger partial charge is 0.451 e. The number of hydrogen-bond donors (Lipinski definition) is 1. The maximum Gasteiger partial charge on any atom is 0.451 e. The lowest BCUT2D eigenvalue weighted by Gasteiger charge is -2.37. The smallest absolute Gasteiger partial charge is 0.397 e. The molecule has 2 aromatic heterocycles. The van der Waals surface area contributed by atoms with Crippen molar-refractivity contribution in [3.8, 4) is 22.4 Å². The molecule has 0 atom stereocenters. The summed E-state index contributed by atoms with van der Waals surface area (Å²) in [7, 11) is 0. The Hall–Kier alpha value is -4.21. The molecule has 1 fully saturated rings. The molecular weight excluding hydrogens is 472 g/mol. The third-order valence-electron chi connectivity index (χ3n) is 6.00. The number of anilines is 3. The fraction of sp³-hybridized carbons (Fsp3) is 0.192. The predicted molar refractivity (Wildman–Crippen MR) is 131 cm³/mol. The molecule has 0 aliphatic carbocycles. The van der Waals surface area contributed by atoms with Gasteiger partial charge in [0.05, 0.1) is 23.1 Å². The maximum atomic E-state index is 13.9. The van der Waals surface area contributed by atoms with E-state index in [1.165, 1.54) is 24.3 Å². The van der Waals surface area contributed by atoms with Gasteiger partial charge < -0.3 is 15.5 Å². The number of benzene rings is 2. The predicted octanol–water partition coefficient (Wildman–Crippen LogP) is 5.27. The lowest BCUT2D eigenvalue weighted by atomic mass is 9.98. The van der Waals surface area contributed by atoms with Crippen molar-refractivity contribution < 1.29 is 17.6 Å². The van der Waals surface area contributed by atoms with Gasteiger partial charge in [0, 0.05) is 31.7 Å². The van der Waals surface area contributed by atoms with Crippen molar-refractivity contribution in [2.24, 2.45) is 0 Å². The molecular formula is C26H22F4N6. The van der Waals surface area contributed by atoms with E-state index >= 15 is 0 Å². The standard InChI is InChI=1S/C26H22F4N6/c27-19-8-6-18(7-9-19)23-22(17-4-2-1-3-5-17)24(34-25(33-23)26(28,29)30)36-14-12-35(13-15-36)21-11-10-20(31)16-32-21/h1-11,16H,12-15,31H2. The first-order chi connectivity index (χ1) is 17.3. The molecule has 0 radical (unpaired) electrons. The molecule has 5 rings (SSSR count). The minimum Gasteiger partial charge on any atom is -0.397 e. The summed E-state index contributed by atoms with van der Waals surface area (Å²) in [5.41, 5.74) is 7.89. The van der Waals surface area contributed by atoms with Gasteiger partial charge in [-0.25, -0.2) is 19.3 Å². The Kier molecular flexibility index (Phi) is 6.17. The van der Waals surface area contributed by atoms with Crippen LogP contribution in [0.3, 0.4) is 0 Å². The summed E-state index contributed by atoms with van der Waals surface area (Å²) in [5, 5.41) is 0. The maximum absolute atomic E-state index is 13.9. The van der Waals surface area contributed by atoms with Crippen molar-refractivity contribution in [3.63, 3.8) is 0 Å². The van der Waals surface area contributed by atoms with Gasteiger partial charge in [0.25, 0.3) is 0 Å². The molecule has 36 heavy (non-hydrogen) atoms. The number of piperazine rings is 1. The minimum absolute atomic E-state index is 0.0983. The Morgan fingerprint density at radius 2 is 1.42 bits per heavy atom. The number of alkyl halides is 3. The Balaban J connectivity index is 1.61. The lowest BCUT2D eigenvalue weighted by molar-refractivity contribution is -0.144. The van der Waals surface area contributed by atoms with Crippen LogP contribution in [0.5, 0.6) is 0 Å². The average molecular weight is 494 g/mol. The van der Waals surface area contributed by atoms with E-state index in [2.05, 4.69) is 15.0 Å². The molecule has 1 saturated heterocycles. The fourth-order valence-corrected chi connectivity index (χ4v) is 4.22. The van der Waals surface area contributed by atoms with Crippen molar-refractivity contribution in [2.75, 3.05) is 41.7 Å². The summed E-state index contributed by atoms with van der Waals surface area (Å²) in [4.78, 5) is 16.2. The highest BCUT2D eigenvalue weighted by Gasteiger charge is 2.38.